The maximum atomic E-state index is 12.6. The molecule has 28 heavy (non-hydrogen) atoms. The molecule has 3 heterocycles. The van der Waals surface area contributed by atoms with Crippen LogP contribution in [-0.2, 0) is 14.2 Å². The number of halogens is 1. The molecule has 1 saturated heterocycles. The van der Waals surface area contributed by atoms with Crippen LogP contribution >= 0.6 is 22.9 Å². The first-order valence-corrected chi connectivity index (χ1v) is 10.0. The molecule has 1 aliphatic rings. The third kappa shape index (κ3) is 4.12. The molecule has 1 aliphatic heterocycles. The second kappa shape index (κ2) is 7.67. The van der Waals surface area contributed by atoms with Gasteiger partial charge in [-0.3, -0.25) is 4.98 Å². The minimum absolute atomic E-state index is 0.149. The van der Waals surface area contributed by atoms with Gasteiger partial charge in [0.15, 0.2) is 5.79 Å². The number of carbonyl (C=O) groups is 1. The quantitative estimate of drug-likeness (QED) is 0.588. The summed E-state index contributed by atoms with van der Waals surface area (Å²) in [7, 11) is 0. The average Bonchev–Trinajstić information content (AvgIpc) is 3.25. The molecule has 1 fully saturated rings. The number of rotatable bonds is 5. The first-order chi connectivity index (χ1) is 13.4. The van der Waals surface area contributed by atoms with Crippen LogP contribution in [0.4, 0.5) is 11.4 Å². The van der Waals surface area contributed by atoms with Crippen molar-refractivity contribution in [3.05, 3.63) is 51.8 Å². The molecule has 1 atom stereocenters. The van der Waals surface area contributed by atoms with Crippen LogP contribution in [0.2, 0.25) is 5.02 Å². The number of nitrogens with one attached hydrogen (secondary N) is 1. The predicted octanol–water partition coefficient (Wildman–Crippen LogP) is 5.00. The maximum Gasteiger partial charge on any atom is 0.350 e. The second-order valence-electron chi connectivity index (χ2n) is 6.86. The molecule has 0 radical (unpaired) electrons. The highest BCUT2D eigenvalue weighted by Crippen LogP contribution is 2.31. The number of esters is 1. The van der Waals surface area contributed by atoms with Crippen LogP contribution in [0.5, 0.6) is 0 Å². The number of anilines is 2. The van der Waals surface area contributed by atoms with E-state index in [0.717, 1.165) is 16.6 Å². The Morgan fingerprint density at radius 1 is 1.36 bits per heavy atom. The number of aromatic nitrogens is 1. The number of carbonyl (C=O) groups excluding carboxylic acids is 1. The van der Waals surface area contributed by atoms with Crippen molar-refractivity contribution in [3.63, 3.8) is 0 Å². The van der Waals surface area contributed by atoms with Crippen molar-refractivity contribution < 1.29 is 19.0 Å². The van der Waals surface area contributed by atoms with Gasteiger partial charge in [-0.15, -0.1) is 11.3 Å². The number of nitrogens with zero attached hydrogens (tertiary/aromatic N) is 1. The van der Waals surface area contributed by atoms with Gasteiger partial charge >= 0.3 is 5.97 Å². The van der Waals surface area contributed by atoms with Crippen LogP contribution in [0.1, 0.15) is 23.5 Å². The number of hydrogen-bond donors (Lipinski definition) is 1. The molecular formula is C20H19ClN2O4S. The number of pyridine rings is 1. The Bertz CT molecular complexity index is 1020. The van der Waals surface area contributed by atoms with E-state index >= 15 is 0 Å². The van der Waals surface area contributed by atoms with Gasteiger partial charge in [0.2, 0.25) is 0 Å². The van der Waals surface area contributed by atoms with Crippen LogP contribution in [0.25, 0.3) is 10.9 Å². The molecule has 1 aromatic carbocycles. The molecule has 3 aromatic rings. The molecule has 1 N–H and O–H groups in total. The fourth-order valence-corrected chi connectivity index (χ4v) is 3.93. The Hall–Kier alpha value is -2.19. The van der Waals surface area contributed by atoms with Crippen molar-refractivity contribution in [1.29, 1.82) is 0 Å². The van der Waals surface area contributed by atoms with E-state index in [1.807, 2.05) is 43.5 Å². The summed E-state index contributed by atoms with van der Waals surface area (Å²) in [4.78, 5) is 17.4. The van der Waals surface area contributed by atoms with Gasteiger partial charge in [0, 0.05) is 22.3 Å². The molecule has 0 amide bonds. The zero-order valence-corrected chi connectivity index (χ0v) is 17.0. The number of fused-ring (bicyclic) bond motifs is 1. The lowest BCUT2D eigenvalue weighted by molar-refractivity contribution is -0.142. The summed E-state index contributed by atoms with van der Waals surface area (Å²) in [5, 5.41) is 6.69. The summed E-state index contributed by atoms with van der Waals surface area (Å²) in [5.74, 6) is -1.04. The fraction of sp³-hybridized carbons (Fsp3) is 0.300. The Kier molecular flexibility index (Phi) is 5.25. The highest BCUT2D eigenvalue weighted by molar-refractivity contribution is 7.12. The van der Waals surface area contributed by atoms with E-state index in [1.54, 1.807) is 12.3 Å². The number of hydrogen-bond acceptors (Lipinski definition) is 7. The molecule has 0 aliphatic carbocycles. The third-order valence-corrected chi connectivity index (χ3v) is 5.42. The van der Waals surface area contributed by atoms with Gasteiger partial charge in [0.1, 0.15) is 17.6 Å². The van der Waals surface area contributed by atoms with E-state index in [2.05, 4.69) is 10.3 Å². The van der Waals surface area contributed by atoms with Crippen LogP contribution in [0, 0.1) is 0 Å². The zero-order valence-electron chi connectivity index (χ0n) is 15.4. The van der Waals surface area contributed by atoms with E-state index in [1.165, 1.54) is 11.3 Å². The molecule has 8 heteroatoms. The van der Waals surface area contributed by atoms with Crippen LogP contribution in [-0.4, -0.2) is 36.1 Å². The minimum atomic E-state index is -0.641. The Morgan fingerprint density at radius 3 is 3.00 bits per heavy atom. The summed E-state index contributed by atoms with van der Waals surface area (Å²) < 4.78 is 16.6. The van der Waals surface area contributed by atoms with Crippen molar-refractivity contribution in [2.24, 2.45) is 0 Å². The molecule has 0 saturated carbocycles. The molecule has 146 valence electrons. The lowest BCUT2D eigenvalue weighted by atomic mass is 10.2. The van der Waals surface area contributed by atoms with Crippen molar-refractivity contribution >= 4 is 51.2 Å². The second-order valence-corrected chi connectivity index (χ2v) is 8.21. The maximum absolute atomic E-state index is 12.6. The molecule has 6 nitrogen and oxygen atoms in total. The third-order valence-electron chi connectivity index (χ3n) is 4.29. The van der Waals surface area contributed by atoms with Gasteiger partial charge in [0.05, 0.1) is 17.8 Å². The normalized spacial score (nSPS) is 18.3. The predicted molar refractivity (Wildman–Crippen MR) is 110 cm³/mol. The summed E-state index contributed by atoms with van der Waals surface area (Å²) >= 11 is 7.37. The molecular weight excluding hydrogens is 400 g/mol. The number of ether oxygens (including phenoxy) is 3. The number of benzene rings is 1. The summed E-state index contributed by atoms with van der Waals surface area (Å²) in [6, 6.07) is 9.22. The zero-order chi connectivity index (χ0) is 19.7. The van der Waals surface area contributed by atoms with Gasteiger partial charge in [-0.2, -0.15) is 0 Å². The highest BCUT2D eigenvalue weighted by Gasteiger charge is 2.33. The highest BCUT2D eigenvalue weighted by atomic mass is 35.5. The van der Waals surface area contributed by atoms with Crippen molar-refractivity contribution in [3.8, 4) is 0 Å². The molecule has 2 aromatic heterocycles. The van der Waals surface area contributed by atoms with Crippen molar-refractivity contribution in [2.75, 3.05) is 18.5 Å². The summed E-state index contributed by atoms with van der Waals surface area (Å²) in [6.45, 7) is 4.22. The lowest BCUT2D eigenvalue weighted by Crippen LogP contribution is -2.25. The van der Waals surface area contributed by atoms with E-state index in [9.17, 15) is 4.79 Å². The Balaban J connectivity index is 1.48. The molecule has 1 unspecified atom stereocenters. The fourth-order valence-electron chi connectivity index (χ4n) is 3.02. The number of thiophene rings is 1. The smallest absolute Gasteiger partial charge is 0.350 e. The van der Waals surface area contributed by atoms with Crippen molar-refractivity contribution in [2.45, 2.75) is 25.7 Å². The van der Waals surface area contributed by atoms with Gasteiger partial charge < -0.3 is 19.5 Å². The van der Waals surface area contributed by atoms with Crippen LogP contribution in [0.15, 0.2) is 41.9 Å². The summed E-state index contributed by atoms with van der Waals surface area (Å²) in [6.07, 6.45) is 1.44. The lowest BCUT2D eigenvalue weighted by Gasteiger charge is -2.17. The van der Waals surface area contributed by atoms with Crippen molar-refractivity contribution in [1.82, 2.24) is 4.98 Å². The van der Waals surface area contributed by atoms with E-state index in [-0.39, 0.29) is 12.7 Å². The van der Waals surface area contributed by atoms with Gasteiger partial charge in [-0.25, -0.2) is 4.79 Å². The van der Waals surface area contributed by atoms with Gasteiger partial charge in [0.25, 0.3) is 0 Å². The monoisotopic (exact) mass is 418 g/mol. The SMILES string of the molecule is CC1(C)OCC(COC(=O)c2sccc2Nc2ccnc3cc(Cl)ccc23)O1. The largest absolute Gasteiger partial charge is 0.459 e. The van der Waals surface area contributed by atoms with E-state index in [0.29, 0.717) is 22.2 Å². The Labute approximate surface area is 171 Å². The average molecular weight is 419 g/mol. The van der Waals surface area contributed by atoms with Gasteiger partial charge in [-0.1, -0.05) is 11.6 Å². The van der Waals surface area contributed by atoms with E-state index < -0.39 is 11.8 Å². The molecule has 0 bridgehead atoms. The standard InChI is InChI=1S/C20H19ClN2O4S/c1-20(2)26-11-13(27-20)10-25-19(24)18-16(6-8-28-18)23-15-5-7-22-17-9-12(21)3-4-14(15)17/h3-9,13H,10-11H2,1-2H3,(H,22,23). The minimum Gasteiger partial charge on any atom is -0.459 e. The van der Waals surface area contributed by atoms with Gasteiger partial charge in [-0.05, 0) is 49.6 Å². The molecule has 4 rings (SSSR count). The first kappa shape index (κ1) is 19.1. The van der Waals surface area contributed by atoms with Crippen LogP contribution in [0.3, 0.4) is 0 Å². The summed E-state index contributed by atoms with van der Waals surface area (Å²) in [5.41, 5.74) is 2.29. The van der Waals surface area contributed by atoms with E-state index in [4.69, 9.17) is 25.8 Å². The Morgan fingerprint density at radius 2 is 2.21 bits per heavy atom. The topological polar surface area (TPSA) is 69.7 Å². The molecule has 0 spiro atoms. The first-order valence-electron chi connectivity index (χ1n) is 8.79. The van der Waals surface area contributed by atoms with Crippen LogP contribution < -0.4 is 5.32 Å².